The first-order valence-electron chi connectivity index (χ1n) is 10.3. The number of nitrogens with zero attached hydrogens (tertiary/aromatic N) is 2. The fourth-order valence-electron chi connectivity index (χ4n) is 3.68. The number of aromatic nitrogens is 1. The predicted octanol–water partition coefficient (Wildman–Crippen LogP) is 3.41. The molecule has 1 aliphatic heterocycles. The molecule has 2 aliphatic rings. The number of carbonyl (C=O) groups is 1. The van der Waals surface area contributed by atoms with Crippen LogP contribution in [0.25, 0.3) is 0 Å². The van der Waals surface area contributed by atoms with Crippen LogP contribution in [0.4, 0.5) is 16.2 Å². The lowest BCUT2D eigenvalue weighted by atomic mass is 9.91. The van der Waals surface area contributed by atoms with Crippen LogP contribution in [0.2, 0.25) is 0 Å². The number of ether oxygens (including phenoxy) is 3. The highest BCUT2D eigenvalue weighted by Gasteiger charge is 2.28. The highest BCUT2D eigenvalue weighted by molar-refractivity contribution is 5.68. The van der Waals surface area contributed by atoms with Gasteiger partial charge in [-0.1, -0.05) is 0 Å². The highest BCUT2D eigenvalue weighted by atomic mass is 16.6. The van der Waals surface area contributed by atoms with E-state index in [1.165, 1.54) is 6.20 Å². The maximum absolute atomic E-state index is 12.1. The van der Waals surface area contributed by atoms with Gasteiger partial charge >= 0.3 is 11.8 Å². The normalized spacial score (nSPS) is 24.2. The van der Waals surface area contributed by atoms with E-state index in [1.807, 2.05) is 20.8 Å². The van der Waals surface area contributed by atoms with Gasteiger partial charge in [-0.25, -0.2) is 9.78 Å². The largest absolute Gasteiger partial charge is 0.472 e. The molecule has 166 valence electrons. The molecule has 1 aromatic rings. The van der Waals surface area contributed by atoms with Gasteiger partial charge < -0.3 is 24.8 Å². The molecule has 2 N–H and O–H groups in total. The molecule has 0 unspecified atom stereocenters. The smallest absolute Gasteiger partial charge is 0.407 e. The van der Waals surface area contributed by atoms with Gasteiger partial charge in [0.05, 0.1) is 18.1 Å². The van der Waals surface area contributed by atoms with Crippen LogP contribution in [0, 0.1) is 10.1 Å². The van der Waals surface area contributed by atoms with Crippen molar-refractivity contribution in [2.24, 2.45) is 0 Å². The fraction of sp³-hybridized carbons (Fsp3) is 0.700. The Morgan fingerprint density at radius 2 is 2.07 bits per heavy atom. The van der Waals surface area contributed by atoms with Crippen molar-refractivity contribution >= 4 is 17.5 Å². The van der Waals surface area contributed by atoms with Crippen molar-refractivity contribution in [3.63, 3.8) is 0 Å². The minimum absolute atomic E-state index is 0.0255. The highest BCUT2D eigenvalue weighted by Crippen LogP contribution is 2.31. The van der Waals surface area contributed by atoms with Gasteiger partial charge in [0.25, 0.3) is 0 Å². The van der Waals surface area contributed by atoms with Gasteiger partial charge in [-0.15, -0.1) is 0 Å². The molecule has 2 fully saturated rings. The average Bonchev–Trinajstić information content (AvgIpc) is 3.13. The van der Waals surface area contributed by atoms with Crippen molar-refractivity contribution in [2.45, 2.75) is 76.7 Å². The average molecular weight is 422 g/mol. The Morgan fingerprint density at radius 1 is 1.30 bits per heavy atom. The first-order chi connectivity index (χ1) is 14.2. The van der Waals surface area contributed by atoms with Crippen LogP contribution >= 0.6 is 0 Å². The zero-order valence-electron chi connectivity index (χ0n) is 17.7. The van der Waals surface area contributed by atoms with Crippen molar-refractivity contribution in [3.05, 3.63) is 22.4 Å². The molecule has 0 spiro atoms. The summed E-state index contributed by atoms with van der Waals surface area (Å²) >= 11 is 0. The summed E-state index contributed by atoms with van der Waals surface area (Å²) in [6, 6.07) is 1.49. The van der Waals surface area contributed by atoms with Crippen molar-refractivity contribution < 1.29 is 23.9 Å². The van der Waals surface area contributed by atoms with Crippen molar-refractivity contribution in [1.82, 2.24) is 10.3 Å². The predicted molar refractivity (Wildman–Crippen MR) is 110 cm³/mol. The molecule has 10 nitrogen and oxygen atoms in total. The van der Waals surface area contributed by atoms with E-state index in [2.05, 4.69) is 15.6 Å². The number of carbonyl (C=O) groups excluding carboxylic acids is 1. The molecule has 1 saturated carbocycles. The van der Waals surface area contributed by atoms with Gasteiger partial charge in [0.1, 0.15) is 23.6 Å². The van der Waals surface area contributed by atoms with Gasteiger partial charge in [-0.05, 0) is 46.5 Å². The number of amides is 1. The van der Waals surface area contributed by atoms with Crippen molar-refractivity contribution in [3.8, 4) is 5.88 Å². The van der Waals surface area contributed by atoms with E-state index in [9.17, 15) is 14.9 Å². The molecule has 1 saturated heterocycles. The molecule has 0 radical (unpaired) electrons. The standard InChI is InChI=1S/C20H30N4O6/c1-20(2,3)30-19(25)23-14-6-4-5-13(9-14)22-16-10-18(21-11-17(16)24(26)27)29-15-7-8-28-12-15/h10-11,13-15H,4-9,12H2,1-3H3,(H,21,22)(H,23,25)/t13-,14+,15+/m1/s1. The van der Waals surface area contributed by atoms with E-state index >= 15 is 0 Å². The summed E-state index contributed by atoms with van der Waals surface area (Å²) in [5.41, 5.74) is -0.298. The first kappa shape index (κ1) is 22.1. The van der Waals surface area contributed by atoms with Crippen LogP contribution in [0.15, 0.2) is 12.3 Å². The molecular formula is C20H30N4O6. The third-order valence-electron chi connectivity index (χ3n) is 4.98. The number of alkyl carbamates (subject to hydrolysis) is 1. The van der Waals surface area contributed by atoms with Crippen molar-refractivity contribution in [2.75, 3.05) is 18.5 Å². The number of nitrogens with one attached hydrogen (secondary N) is 2. The van der Waals surface area contributed by atoms with Crippen LogP contribution in [0.1, 0.15) is 52.9 Å². The second-order valence-electron chi connectivity index (χ2n) is 8.75. The van der Waals surface area contributed by atoms with Crippen LogP contribution in [-0.2, 0) is 9.47 Å². The van der Waals surface area contributed by atoms with Crippen LogP contribution in [-0.4, -0.2) is 53.0 Å². The molecule has 10 heteroatoms. The second-order valence-corrected chi connectivity index (χ2v) is 8.75. The van der Waals surface area contributed by atoms with E-state index in [1.54, 1.807) is 6.07 Å². The number of anilines is 1. The van der Waals surface area contributed by atoms with Crippen LogP contribution in [0.3, 0.4) is 0 Å². The topological polar surface area (TPSA) is 125 Å². The number of pyridine rings is 1. The molecule has 0 aromatic carbocycles. The van der Waals surface area contributed by atoms with Gasteiger partial charge in [0.15, 0.2) is 0 Å². The Bertz CT molecular complexity index is 760. The molecule has 2 heterocycles. The van der Waals surface area contributed by atoms with E-state index in [0.717, 1.165) is 25.7 Å². The summed E-state index contributed by atoms with van der Waals surface area (Å²) in [5.74, 6) is 0.331. The Hall–Kier alpha value is -2.62. The summed E-state index contributed by atoms with van der Waals surface area (Å²) < 4.78 is 16.4. The maximum atomic E-state index is 12.1. The van der Waals surface area contributed by atoms with E-state index in [4.69, 9.17) is 14.2 Å². The first-order valence-corrected chi connectivity index (χ1v) is 10.3. The molecule has 0 bridgehead atoms. The number of rotatable bonds is 6. The zero-order valence-corrected chi connectivity index (χ0v) is 17.7. The number of nitro groups is 1. The van der Waals surface area contributed by atoms with Crippen LogP contribution < -0.4 is 15.4 Å². The lowest BCUT2D eigenvalue weighted by Gasteiger charge is -2.31. The molecule has 1 amide bonds. The van der Waals surface area contributed by atoms with E-state index < -0.39 is 16.6 Å². The van der Waals surface area contributed by atoms with E-state index in [-0.39, 0.29) is 23.9 Å². The molecule has 3 rings (SSSR count). The Balaban J connectivity index is 1.64. The molecule has 3 atom stereocenters. The van der Waals surface area contributed by atoms with Gasteiger partial charge in [-0.3, -0.25) is 10.1 Å². The summed E-state index contributed by atoms with van der Waals surface area (Å²) in [6.45, 7) is 6.58. The van der Waals surface area contributed by atoms with Crippen molar-refractivity contribution in [1.29, 1.82) is 0 Å². The molecule has 30 heavy (non-hydrogen) atoms. The third kappa shape index (κ3) is 6.45. The summed E-state index contributed by atoms with van der Waals surface area (Å²) in [4.78, 5) is 27.1. The summed E-state index contributed by atoms with van der Waals surface area (Å²) in [5, 5.41) is 17.6. The minimum Gasteiger partial charge on any atom is -0.472 e. The maximum Gasteiger partial charge on any atom is 0.407 e. The Morgan fingerprint density at radius 3 is 2.73 bits per heavy atom. The second kappa shape index (κ2) is 9.46. The van der Waals surface area contributed by atoms with Gasteiger partial charge in [0.2, 0.25) is 5.88 Å². The van der Waals surface area contributed by atoms with Crippen LogP contribution in [0.5, 0.6) is 5.88 Å². The van der Waals surface area contributed by atoms with Gasteiger partial charge in [0, 0.05) is 24.6 Å². The number of hydrogen-bond acceptors (Lipinski definition) is 8. The molecular weight excluding hydrogens is 392 g/mol. The fourth-order valence-corrected chi connectivity index (χ4v) is 3.68. The quantitative estimate of drug-likeness (QED) is 0.528. The molecule has 1 aliphatic carbocycles. The summed E-state index contributed by atoms with van der Waals surface area (Å²) in [6.07, 6.45) is 4.66. The minimum atomic E-state index is -0.561. The lowest BCUT2D eigenvalue weighted by molar-refractivity contribution is -0.384. The summed E-state index contributed by atoms with van der Waals surface area (Å²) in [7, 11) is 0. The molecule has 1 aromatic heterocycles. The Labute approximate surface area is 175 Å². The zero-order chi connectivity index (χ0) is 21.7. The van der Waals surface area contributed by atoms with Gasteiger partial charge in [-0.2, -0.15) is 0 Å². The Kier molecular flexibility index (Phi) is 6.96. The number of hydrogen-bond donors (Lipinski definition) is 2. The van der Waals surface area contributed by atoms with E-state index in [0.29, 0.717) is 31.2 Å². The lowest BCUT2D eigenvalue weighted by Crippen LogP contribution is -2.43. The SMILES string of the molecule is CC(C)(C)OC(=O)N[C@H]1CCC[C@@H](Nc2cc(O[C@H]3CCOC3)ncc2[N+](=O)[O-])C1. The monoisotopic (exact) mass is 422 g/mol. The third-order valence-corrected chi connectivity index (χ3v) is 4.98.